The van der Waals surface area contributed by atoms with Crippen LogP contribution in [0.25, 0.3) is 71.7 Å². The number of aryl methyl sites for hydroxylation is 2. The fourth-order valence-corrected chi connectivity index (χ4v) is 7.87. The van der Waals surface area contributed by atoms with Crippen molar-refractivity contribution in [2.24, 2.45) is 0 Å². The third-order valence-corrected chi connectivity index (χ3v) is 10.6. The van der Waals surface area contributed by atoms with E-state index in [4.69, 9.17) is 13.2 Å². The second kappa shape index (κ2) is 17.5. The maximum absolute atomic E-state index is 7.28. The SMILES string of the molecule is [2H]C([2H])([2H])c1c[c-]c(-c2ccc(C([2H])([2H])[2H])cn2)cc1.[Ir].[c-]1sc2ccc(Cc3ccccn3)cc2c1-c1nc2ccccc2n1-c1c(-c2ccccc2)cccc1-c1ccccc1. The number of rotatable bonds is 7. The molecular weight excluding hydrogens is 905 g/mol. The van der Waals surface area contributed by atoms with E-state index in [1.165, 1.54) is 34.7 Å². The summed E-state index contributed by atoms with van der Waals surface area (Å²) in [4.78, 5) is 13.9. The van der Waals surface area contributed by atoms with E-state index in [1.807, 2.05) is 18.3 Å². The van der Waals surface area contributed by atoms with Crippen LogP contribution in [0.15, 0.2) is 182 Å². The van der Waals surface area contributed by atoms with Gasteiger partial charge in [-0.2, -0.15) is 0 Å². The summed E-state index contributed by atoms with van der Waals surface area (Å²) in [5.74, 6) is 0.892. The average molecular weight is 949 g/mol. The Morgan fingerprint density at radius 1 is 0.672 bits per heavy atom. The molecular formula is C52H38IrN4S-2. The average Bonchev–Trinajstić information content (AvgIpc) is 3.91. The van der Waals surface area contributed by atoms with Gasteiger partial charge in [0.05, 0.1) is 22.5 Å². The van der Waals surface area contributed by atoms with Crippen LogP contribution in [-0.2, 0) is 26.5 Å². The molecule has 0 bridgehead atoms. The minimum atomic E-state index is -2.18. The number of hydrogen-bond acceptors (Lipinski definition) is 4. The standard InChI is InChI=1S/C39H26N3S.C13H12N.Ir/c1-3-12-28(13-4-1)31-17-11-18-32(29-14-5-2-6-15-29)38(31)42-36-20-8-7-19-35(36)41-39(42)34-26-43-37-22-21-27(25-33(34)37)24-30-16-9-10-23-40-30;1-10-3-6-12(7-4-10)13-8-5-11(2)9-14-13;/h1-23,25H,24H2;3-6,8-9H,1-2H3;/q2*-1;/i;1D3,2D3;. The Morgan fingerprint density at radius 2 is 1.40 bits per heavy atom. The Balaban J connectivity index is 0.000000225. The molecule has 4 aromatic heterocycles. The molecule has 6 aromatic carbocycles. The molecule has 283 valence electrons. The number of imidazole rings is 1. The molecule has 0 saturated carbocycles. The minimum Gasteiger partial charge on any atom is -0.332 e. The number of thiophene rings is 1. The van der Waals surface area contributed by atoms with E-state index >= 15 is 0 Å². The molecule has 0 aliphatic rings. The first-order valence-electron chi connectivity index (χ1n) is 21.6. The van der Waals surface area contributed by atoms with E-state index < -0.39 is 13.7 Å². The van der Waals surface area contributed by atoms with E-state index in [-0.39, 0.29) is 31.2 Å². The maximum Gasteiger partial charge on any atom is 0.0774 e. The van der Waals surface area contributed by atoms with E-state index in [0.717, 1.165) is 67.9 Å². The van der Waals surface area contributed by atoms with Crippen LogP contribution >= 0.6 is 11.3 Å². The Kier molecular flexibility index (Phi) is 9.55. The molecule has 4 heterocycles. The van der Waals surface area contributed by atoms with Crippen LogP contribution < -0.4 is 0 Å². The smallest absolute Gasteiger partial charge is 0.0774 e. The third-order valence-electron chi connectivity index (χ3n) is 9.75. The number of benzene rings is 6. The molecule has 0 amide bonds. The molecule has 58 heavy (non-hydrogen) atoms. The summed E-state index contributed by atoms with van der Waals surface area (Å²) >= 11 is 1.64. The minimum absolute atomic E-state index is 0. The first kappa shape index (κ1) is 31.7. The number of hydrogen-bond donors (Lipinski definition) is 0. The monoisotopic (exact) mass is 949 g/mol. The van der Waals surface area contributed by atoms with E-state index in [9.17, 15) is 0 Å². The molecule has 0 aliphatic carbocycles. The Morgan fingerprint density at radius 3 is 2.07 bits per heavy atom. The molecule has 10 aromatic rings. The second-order valence-electron chi connectivity index (χ2n) is 13.5. The van der Waals surface area contributed by atoms with Gasteiger partial charge in [0, 0.05) is 64.0 Å². The summed E-state index contributed by atoms with van der Waals surface area (Å²) in [5.41, 5.74) is 12.6. The maximum atomic E-state index is 7.28. The van der Waals surface area contributed by atoms with Crippen LogP contribution in [0.5, 0.6) is 0 Å². The summed E-state index contributed by atoms with van der Waals surface area (Å²) in [6.45, 7) is -4.34. The predicted molar refractivity (Wildman–Crippen MR) is 237 cm³/mol. The fraction of sp³-hybridized carbons (Fsp3) is 0.0577. The number of fused-ring (bicyclic) bond motifs is 2. The van der Waals surface area contributed by atoms with Crippen LogP contribution in [0.3, 0.4) is 0 Å². The number of nitrogens with zero attached hydrogens (tertiary/aromatic N) is 4. The molecule has 0 fully saturated rings. The molecule has 0 aliphatic heterocycles. The number of pyridine rings is 2. The van der Waals surface area contributed by atoms with Gasteiger partial charge < -0.3 is 9.55 Å². The molecule has 10 rings (SSSR count). The van der Waals surface area contributed by atoms with Crippen molar-refractivity contribution < 1.29 is 28.3 Å². The van der Waals surface area contributed by atoms with Crippen LogP contribution in [0.2, 0.25) is 0 Å². The van der Waals surface area contributed by atoms with Crippen molar-refractivity contribution in [1.82, 2.24) is 19.5 Å². The Hall–Kier alpha value is -6.30. The van der Waals surface area contributed by atoms with E-state index in [2.05, 4.69) is 153 Å². The van der Waals surface area contributed by atoms with E-state index in [0.29, 0.717) is 11.3 Å². The van der Waals surface area contributed by atoms with Crippen molar-refractivity contribution in [3.63, 3.8) is 0 Å². The molecule has 6 heteroatoms. The topological polar surface area (TPSA) is 43.6 Å². The van der Waals surface area contributed by atoms with Gasteiger partial charge in [0.2, 0.25) is 0 Å². The first-order chi connectivity index (χ1) is 30.5. The van der Waals surface area contributed by atoms with Gasteiger partial charge in [-0.15, -0.1) is 46.8 Å². The summed E-state index contributed by atoms with van der Waals surface area (Å²) in [5, 5.41) is 4.81. The fourth-order valence-electron chi connectivity index (χ4n) is 7.05. The Labute approximate surface area is 365 Å². The molecule has 0 saturated heterocycles. The first-order valence-corrected chi connectivity index (χ1v) is 19.4. The molecule has 0 N–H and O–H groups in total. The van der Waals surface area contributed by atoms with Gasteiger partial charge in [-0.25, -0.2) is 0 Å². The molecule has 1 radical (unpaired) electrons. The van der Waals surface area contributed by atoms with Gasteiger partial charge in [-0.3, -0.25) is 21.3 Å². The largest absolute Gasteiger partial charge is 0.332 e. The summed E-state index contributed by atoms with van der Waals surface area (Å²) in [7, 11) is 0. The number of aromatic nitrogens is 4. The van der Waals surface area contributed by atoms with Gasteiger partial charge in [-0.1, -0.05) is 149 Å². The quantitative estimate of drug-likeness (QED) is 0.150. The van der Waals surface area contributed by atoms with E-state index in [1.54, 1.807) is 23.5 Å². The number of para-hydroxylation sites is 3. The van der Waals surface area contributed by atoms with Crippen LogP contribution in [0.4, 0.5) is 0 Å². The zero-order valence-corrected chi connectivity index (χ0v) is 34.3. The third kappa shape index (κ3) is 8.09. The van der Waals surface area contributed by atoms with Gasteiger partial charge in [0.15, 0.2) is 0 Å². The molecule has 0 unspecified atom stereocenters. The van der Waals surface area contributed by atoms with Crippen LogP contribution in [-0.4, -0.2) is 19.5 Å². The molecule has 0 atom stereocenters. The van der Waals surface area contributed by atoms with Crippen molar-refractivity contribution in [2.45, 2.75) is 20.1 Å². The molecule has 0 spiro atoms. The summed E-state index contributed by atoms with van der Waals surface area (Å²) < 4.78 is 47.2. The van der Waals surface area contributed by atoms with Crippen molar-refractivity contribution in [3.8, 4) is 50.6 Å². The van der Waals surface area contributed by atoms with Gasteiger partial charge in [0.1, 0.15) is 0 Å². The summed E-state index contributed by atoms with van der Waals surface area (Å²) in [6.07, 6.45) is 3.93. The van der Waals surface area contributed by atoms with Crippen molar-refractivity contribution >= 4 is 32.5 Å². The normalized spacial score (nSPS) is 12.8. The van der Waals surface area contributed by atoms with Gasteiger partial charge in [0.25, 0.3) is 0 Å². The van der Waals surface area contributed by atoms with Crippen molar-refractivity contribution in [1.29, 1.82) is 0 Å². The predicted octanol–water partition coefficient (Wildman–Crippen LogP) is 13.2. The zero-order chi connectivity index (χ0) is 43.6. The van der Waals surface area contributed by atoms with Crippen molar-refractivity contribution in [2.75, 3.05) is 0 Å². The second-order valence-corrected chi connectivity index (χ2v) is 14.4. The van der Waals surface area contributed by atoms with Gasteiger partial charge in [-0.05, 0) is 53.5 Å². The van der Waals surface area contributed by atoms with Crippen LogP contribution in [0.1, 0.15) is 30.6 Å². The van der Waals surface area contributed by atoms with Crippen LogP contribution in [0, 0.1) is 25.2 Å². The molecule has 4 nitrogen and oxygen atoms in total. The van der Waals surface area contributed by atoms with Gasteiger partial charge >= 0.3 is 0 Å². The zero-order valence-electron chi connectivity index (χ0n) is 37.1. The summed E-state index contributed by atoms with van der Waals surface area (Å²) in [6, 6.07) is 59.5. The Bertz CT molecular complexity index is 3040. The van der Waals surface area contributed by atoms with Crippen molar-refractivity contribution in [3.05, 3.63) is 216 Å².